The van der Waals surface area contributed by atoms with Crippen molar-refractivity contribution < 1.29 is 8.42 Å². The van der Waals surface area contributed by atoms with E-state index < -0.39 is 10.0 Å². The average Bonchev–Trinajstić information content (AvgIpc) is 2.57. The van der Waals surface area contributed by atoms with E-state index in [1.165, 1.54) is 25.9 Å². The first-order valence-electron chi connectivity index (χ1n) is 8.93. The molecule has 0 aromatic heterocycles. The summed E-state index contributed by atoms with van der Waals surface area (Å²) in [5.74, 6) is 1.49. The zero-order valence-electron chi connectivity index (χ0n) is 14.3. The van der Waals surface area contributed by atoms with Gasteiger partial charge in [0.2, 0.25) is 10.0 Å². The van der Waals surface area contributed by atoms with Gasteiger partial charge in [-0.1, -0.05) is 28.9 Å². The molecule has 3 rings (SSSR count). The van der Waals surface area contributed by atoms with Crippen LogP contribution in [-0.2, 0) is 10.0 Å². The zero-order chi connectivity index (χ0) is 17.2. The maximum absolute atomic E-state index is 12.8. The van der Waals surface area contributed by atoms with Crippen LogP contribution in [0.4, 0.5) is 0 Å². The Morgan fingerprint density at radius 3 is 2.38 bits per heavy atom. The van der Waals surface area contributed by atoms with Gasteiger partial charge >= 0.3 is 0 Å². The molecule has 0 radical (unpaired) electrons. The van der Waals surface area contributed by atoms with Crippen molar-refractivity contribution in [3.05, 3.63) is 28.7 Å². The molecule has 2 aliphatic heterocycles. The minimum absolute atomic E-state index is 0.389. The fourth-order valence-electron chi connectivity index (χ4n) is 3.72. The summed E-state index contributed by atoms with van der Waals surface area (Å²) in [7, 11) is -3.36. The van der Waals surface area contributed by atoms with Crippen molar-refractivity contribution in [2.75, 3.05) is 32.7 Å². The number of benzene rings is 1. The Kier molecular flexibility index (Phi) is 6.01. The van der Waals surface area contributed by atoms with Crippen LogP contribution in [0.3, 0.4) is 0 Å². The second-order valence-corrected chi connectivity index (χ2v) is 10.1. The van der Waals surface area contributed by atoms with Gasteiger partial charge in [-0.15, -0.1) is 0 Å². The van der Waals surface area contributed by atoms with Gasteiger partial charge in [-0.05, 0) is 68.8 Å². The highest BCUT2D eigenvalue weighted by atomic mass is 79.9. The van der Waals surface area contributed by atoms with Crippen molar-refractivity contribution >= 4 is 26.0 Å². The number of piperidine rings is 2. The van der Waals surface area contributed by atoms with Gasteiger partial charge in [-0.2, -0.15) is 4.31 Å². The molecule has 0 bridgehead atoms. The summed E-state index contributed by atoms with van der Waals surface area (Å²) in [6, 6.07) is 7.00. The molecule has 1 aromatic rings. The van der Waals surface area contributed by atoms with E-state index in [0.717, 1.165) is 29.8 Å². The summed E-state index contributed by atoms with van der Waals surface area (Å²) in [6.07, 6.45) is 4.55. The van der Waals surface area contributed by atoms with Crippen LogP contribution in [0.5, 0.6) is 0 Å². The Morgan fingerprint density at radius 1 is 1.08 bits per heavy atom. The fourth-order valence-corrected chi connectivity index (χ4v) is 5.79. The van der Waals surface area contributed by atoms with E-state index in [1.54, 1.807) is 22.5 Å². The lowest BCUT2D eigenvalue weighted by Crippen LogP contribution is -2.43. The molecule has 0 N–H and O–H groups in total. The van der Waals surface area contributed by atoms with Crippen molar-refractivity contribution in [3.63, 3.8) is 0 Å². The molecule has 1 aromatic carbocycles. The van der Waals surface area contributed by atoms with E-state index >= 15 is 0 Å². The van der Waals surface area contributed by atoms with Gasteiger partial charge < -0.3 is 4.90 Å². The van der Waals surface area contributed by atoms with Gasteiger partial charge in [0.05, 0.1) is 4.90 Å². The summed E-state index contributed by atoms with van der Waals surface area (Å²) < 4.78 is 28.0. The molecule has 4 nitrogen and oxygen atoms in total. The summed E-state index contributed by atoms with van der Waals surface area (Å²) in [5.41, 5.74) is 0. The average molecular weight is 415 g/mol. The smallest absolute Gasteiger partial charge is 0.243 e. The molecule has 2 saturated heterocycles. The Labute approximate surface area is 154 Å². The van der Waals surface area contributed by atoms with Crippen LogP contribution < -0.4 is 0 Å². The highest BCUT2D eigenvalue weighted by Crippen LogP contribution is 2.27. The van der Waals surface area contributed by atoms with Gasteiger partial charge in [-0.3, -0.25) is 0 Å². The SMILES string of the molecule is CC1CCN(CC2CCN(S(=O)(=O)c3cccc(Br)c3)CC2)CC1. The second kappa shape index (κ2) is 7.85. The first kappa shape index (κ1) is 18.4. The molecule has 0 amide bonds. The molecular weight excluding hydrogens is 388 g/mol. The molecule has 0 unspecified atom stereocenters. The normalized spacial score (nSPS) is 22.8. The zero-order valence-corrected chi connectivity index (χ0v) is 16.7. The van der Waals surface area contributed by atoms with Crippen LogP contribution in [0.15, 0.2) is 33.6 Å². The number of nitrogens with zero attached hydrogens (tertiary/aromatic N) is 2. The Balaban J connectivity index is 1.55. The molecule has 0 atom stereocenters. The van der Waals surface area contributed by atoms with E-state index in [9.17, 15) is 8.42 Å². The number of hydrogen-bond donors (Lipinski definition) is 0. The van der Waals surface area contributed by atoms with Crippen molar-refractivity contribution in [1.82, 2.24) is 9.21 Å². The monoisotopic (exact) mass is 414 g/mol. The lowest BCUT2D eigenvalue weighted by atomic mass is 9.94. The molecular formula is C18H27BrN2O2S. The van der Waals surface area contributed by atoms with Crippen molar-refractivity contribution in [2.24, 2.45) is 11.8 Å². The highest BCUT2D eigenvalue weighted by Gasteiger charge is 2.30. The van der Waals surface area contributed by atoms with E-state index in [2.05, 4.69) is 27.8 Å². The van der Waals surface area contributed by atoms with E-state index in [0.29, 0.717) is 23.9 Å². The van der Waals surface area contributed by atoms with E-state index in [-0.39, 0.29) is 0 Å². The number of halogens is 1. The number of likely N-dealkylation sites (tertiary alicyclic amines) is 1. The first-order valence-corrected chi connectivity index (χ1v) is 11.2. The van der Waals surface area contributed by atoms with Crippen molar-refractivity contribution in [2.45, 2.75) is 37.5 Å². The highest BCUT2D eigenvalue weighted by molar-refractivity contribution is 9.10. The van der Waals surface area contributed by atoms with Crippen LogP contribution >= 0.6 is 15.9 Å². The Hall–Kier alpha value is -0.430. The molecule has 24 heavy (non-hydrogen) atoms. The third kappa shape index (κ3) is 4.40. The molecule has 6 heteroatoms. The topological polar surface area (TPSA) is 40.6 Å². The number of rotatable bonds is 4. The molecule has 2 fully saturated rings. The predicted molar refractivity (Wildman–Crippen MR) is 100 cm³/mol. The Morgan fingerprint density at radius 2 is 1.75 bits per heavy atom. The third-order valence-electron chi connectivity index (χ3n) is 5.40. The van der Waals surface area contributed by atoms with Crippen LogP contribution in [0.2, 0.25) is 0 Å². The van der Waals surface area contributed by atoms with Gasteiger partial charge in [-0.25, -0.2) is 8.42 Å². The van der Waals surface area contributed by atoms with Gasteiger partial charge in [0.1, 0.15) is 0 Å². The van der Waals surface area contributed by atoms with Crippen LogP contribution in [0, 0.1) is 11.8 Å². The quantitative estimate of drug-likeness (QED) is 0.755. The van der Waals surface area contributed by atoms with Crippen LogP contribution in [0.1, 0.15) is 32.6 Å². The minimum atomic E-state index is -3.36. The van der Waals surface area contributed by atoms with Gasteiger partial charge in [0.25, 0.3) is 0 Å². The first-order chi connectivity index (χ1) is 11.4. The summed E-state index contributed by atoms with van der Waals surface area (Å²) >= 11 is 3.36. The van der Waals surface area contributed by atoms with Crippen molar-refractivity contribution in [3.8, 4) is 0 Å². The van der Waals surface area contributed by atoms with Gasteiger partial charge in [0.15, 0.2) is 0 Å². The molecule has 2 heterocycles. The maximum Gasteiger partial charge on any atom is 0.243 e. The van der Waals surface area contributed by atoms with Crippen LogP contribution in [-0.4, -0.2) is 50.3 Å². The summed E-state index contributed by atoms with van der Waals surface area (Å²) in [5, 5.41) is 0. The lowest BCUT2D eigenvalue weighted by molar-refractivity contribution is 0.142. The lowest BCUT2D eigenvalue weighted by Gasteiger charge is -2.36. The summed E-state index contributed by atoms with van der Waals surface area (Å²) in [4.78, 5) is 2.96. The molecule has 0 aliphatic carbocycles. The molecule has 2 aliphatic rings. The largest absolute Gasteiger partial charge is 0.303 e. The molecule has 134 valence electrons. The summed E-state index contributed by atoms with van der Waals surface area (Å²) in [6.45, 7) is 7.17. The fraction of sp³-hybridized carbons (Fsp3) is 0.667. The standard InChI is InChI=1S/C18H27BrN2O2S/c1-15-5-9-20(10-6-15)14-16-7-11-21(12-8-16)24(22,23)18-4-2-3-17(19)13-18/h2-4,13,15-16H,5-12,14H2,1H3. The number of hydrogen-bond acceptors (Lipinski definition) is 3. The molecule has 0 spiro atoms. The third-order valence-corrected chi connectivity index (χ3v) is 7.79. The van der Waals surface area contributed by atoms with Crippen molar-refractivity contribution in [1.29, 1.82) is 0 Å². The van der Waals surface area contributed by atoms with Crippen LogP contribution in [0.25, 0.3) is 0 Å². The van der Waals surface area contributed by atoms with E-state index in [4.69, 9.17) is 0 Å². The predicted octanol–water partition coefficient (Wildman–Crippen LogP) is 3.58. The van der Waals surface area contributed by atoms with Gasteiger partial charge in [0, 0.05) is 24.1 Å². The maximum atomic E-state index is 12.8. The minimum Gasteiger partial charge on any atom is -0.303 e. The second-order valence-electron chi connectivity index (χ2n) is 7.29. The number of sulfonamides is 1. The molecule has 0 saturated carbocycles. The van der Waals surface area contributed by atoms with E-state index in [1.807, 2.05) is 6.07 Å². The Bertz CT molecular complexity index is 649.